The van der Waals surface area contributed by atoms with Crippen LogP contribution in [0.5, 0.6) is 0 Å². The second-order valence-electron chi connectivity index (χ2n) is 5.03. The molecule has 0 aliphatic heterocycles. The van der Waals surface area contributed by atoms with Gasteiger partial charge in [-0.1, -0.05) is 29.3 Å². The van der Waals surface area contributed by atoms with Crippen molar-refractivity contribution in [2.45, 2.75) is 44.7 Å². The molecule has 0 aliphatic carbocycles. The van der Waals surface area contributed by atoms with Gasteiger partial charge < -0.3 is 4.74 Å². The smallest absolute Gasteiger partial charge is 0.316 e. The molecule has 0 amide bonds. The molecule has 0 radical (unpaired) electrons. The summed E-state index contributed by atoms with van der Waals surface area (Å²) in [7, 11) is 0. The van der Waals surface area contributed by atoms with E-state index < -0.39 is 0 Å². The lowest BCUT2D eigenvalue weighted by molar-refractivity contribution is -0.142. The predicted octanol–water partition coefficient (Wildman–Crippen LogP) is 3.38. The third-order valence-electron chi connectivity index (χ3n) is 3.17. The number of rotatable bonds is 8. The Morgan fingerprint density at radius 2 is 2.26 bits per heavy atom. The lowest BCUT2D eigenvalue weighted by Gasteiger charge is -2.07. The number of unbranched alkanes of at least 4 members (excludes halogenated alkanes) is 1. The number of thioether (sulfide) groups is 1. The molecule has 2 aromatic rings. The van der Waals surface area contributed by atoms with Crippen molar-refractivity contribution < 1.29 is 9.53 Å². The van der Waals surface area contributed by atoms with Crippen LogP contribution >= 0.6 is 27.7 Å². The summed E-state index contributed by atoms with van der Waals surface area (Å²) in [4.78, 5) is 13.0. The van der Waals surface area contributed by atoms with Crippen LogP contribution in [0.25, 0.3) is 0 Å². The zero-order chi connectivity index (χ0) is 16.7. The molecule has 0 spiro atoms. The quantitative estimate of drug-likeness (QED) is 0.501. The molecule has 1 aromatic heterocycles. The Kier molecular flexibility index (Phi) is 7.04. The number of carbonyl (C=O) groups is 1. The lowest BCUT2D eigenvalue weighted by atomic mass is 10.2. The SMILES string of the molecule is CCCCn1nnnc1COC(=O)CSc1ccc(Br)cc1C. The van der Waals surface area contributed by atoms with Crippen molar-refractivity contribution in [3.8, 4) is 0 Å². The number of aromatic nitrogens is 4. The first-order chi connectivity index (χ1) is 11.1. The third kappa shape index (κ3) is 5.62. The van der Waals surface area contributed by atoms with Gasteiger partial charge in [0.05, 0.1) is 5.75 Å². The molecule has 0 aliphatic rings. The van der Waals surface area contributed by atoms with E-state index in [1.807, 2.05) is 25.1 Å². The summed E-state index contributed by atoms with van der Waals surface area (Å²) in [5.41, 5.74) is 1.13. The van der Waals surface area contributed by atoms with E-state index in [1.54, 1.807) is 4.68 Å². The average molecular weight is 399 g/mol. The number of benzene rings is 1. The van der Waals surface area contributed by atoms with E-state index in [4.69, 9.17) is 4.74 Å². The maximum atomic E-state index is 11.9. The molecule has 124 valence electrons. The van der Waals surface area contributed by atoms with Crippen molar-refractivity contribution in [2.24, 2.45) is 0 Å². The molecule has 0 N–H and O–H groups in total. The summed E-state index contributed by atoms with van der Waals surface area (Å²) >= 11 is 4.89. The first kappa shape index (κ1) is 17.9. The first-order valence-electron chi connectivity index (χ1n) is 7.39. The highest BCUT2D eigenvalue weighted by Gasteiger charge is 2.11. The second kappa shape index (κ2) is 9.02. The molecular weight excluding hydrogens is 380 g/mol. The Bertz CT molecular complexity index is 663. The molecule has 0 atom stereocenters. The van der Waals surface area contributed by atoms with Gasteiger partial charge >= 0.3 is 5.97 Å². The average Bonchev–Trinajstić information content (AvgIpc) is 2.97. The van der Waals surface area contributed by atoms with Crippen molar-refractivity contribution in [1.29, 1.82) is 0 Å². The van der Waals surface area contributed by atoms with E-state index in [2.05, 4.69) is 38.4 Å². The lowest BCUT2D eigenvalue weighted by Crippen LogP contribution is -2.12. The van der Waals surface area contributed by atoms with Crippen LogP contribution in [0.15, 0.2) is 27.6 Å². The number of nitrogens with zero attached hydrogens (tertiary/aromatic N) is 4. The minimum atomic E-state index is -0.276. The van der Waals surface area contributed by atoms with Crippen LogP contribution in [0.3, 0.4) is 0 Å². The number of halogens is 1. The van der Waals surface area contributed by atoms with Gasteiger partial charge in [0.1, 0.15) is 0 Å². The summed E-state index contributed by atoms with van der Waals surface area (Å²) in [5, 5.41) is 11.4. The van der Waals surface area contributed by atoms with Gasteiger partial charge in [0.2, 0.25) is 0 Å². The van der Waals surface area contributed by atoms with E-state index in [9.17, 15) is 4.79 Å². The molecule has 1 aromatic carbocycles. The Morgan fingerprint density at radius 1 is 1.43 bits per heavy atom. The van der Waals surface area contributed by atoms with Crippen LogP contribution in [0.4, 0.5) is 0 Å². The fourth-order valence-electron chi connectivity index (χ4n) is 1.91. The van der Waals surface area contributed by atoms with Gasteiger partial charge in [-0.2, -0.15) is 0 Å². The number of aryl methyl sites for hydroxylation is 2. The standard InChI is InChI=1S/C15H19BrN4O2S/c1-3-4-7-20-14(17-18-19-20)9-22-15(21)10-23-13-6-5-12(16)8-11(13)2/h5-6,8H,3-4,7,9-10H2,1-2H3. The van der Waals surface area contributed by atoms with Crippen molar-refractivity contribution in [2.75, 3.05) is 5.75 Å². The van der Waals surface area contributed by atoms with Gasteiger partial charge in [-0.15, -0.1) is 16.9 Å². The van der Waals surface area contributed by atoms with Gasteiger partial charge in [0.25, 0.3) is 0 Å². The summed E-state index contributed by atoms with van der Waals surface area (Å²) in [6.45, 7) is 4.96. The van der Waals surface area contributed by atoms with E-state index >= 15 is 0 Å². The highest BCUT2D eigenvalue weighted by atomic mass is 79.9. The van der Waals surface area contributed by atoms with Crippen molar-refractivity contribution in [3.63, 3.8) is 0 Å². The van der Waals surface area contributed by atoms with Crippen molar-refractivity contribution in [1.82, 2.24) is 20.2 Å². The monoisotopic (exact) mass is 398 g/mol. The number of tetrazole rings is 1. The molecule has 0 unspecified atom stereocenters. The van der Waals surface area contributed by atoms with E-state index in [1.165, 1.54) is 11.8 Å². The fraction of sp³-hybridized carbons (Fsp3) is 0.467. The van der Waals surface area contributed by atoms with Crippen LogP contribution < -0.4 is 0 Å². The summed E-state index contributed by atoms with van der Waals surface area (Å²) in [5.74, 6) is 0.568. The minimum absolute atomic E-state index is 0.107. The van der Waals surface area contributed by atoms with Gasteiger partial charge in [-0.05, 0) is 47.5 Å². The van der Waals surface area contributed by atoms with Crippen LogP contribution in [0.1, 0.15) is 31.2 Å². The van der Waals surface area contributed by atoms with Gasteiger partial charge in [-0.25, -0.2) is 4.68 Å². The van der Waals surface area contributed by atoms with Crippen LogP contribution in [-0.2, 0) is 22.7 Å². The number of carbonyl (C=O) groups excluding carboxylic acids is 1. The Morgan fingerprint density at radius 3 is 3.00 bits per heavy atom. The Labute approximate surface area is 148 Å². The predicted molar refractivity (Wildman–Crippen MR) is 92.1 cm³/mol. The highest BCUT2D eigenvalue weighted by molar-refractivity contribution is 9.10. The number of esters is 1. The molecule has 8 heteroatoms. The normalized spacial score (nSPS) is 10.7. The van der Waals surface area contributed by atoms with Gasteiger partial charge in [0.15, 0.2) is 12.4 Å². The molecule has 0 saturated heterocycles. The molecule has 2 rings (SSSR count). The minimum Gasteiger partial charge on any atom is -0.457 e. The zero-order valence-corrected chi connectivity index (χ0v) is 15.6. The van der Waals surface area contributed by atoms with Crippen LogP contribution in [0, 0.1) is 6.92 Å². The number of ether oxygens (including phenoxy) is 1. The molecule has 0 saturated carbocycles. The highest BCUT2D eigenvalue weighted by Crippen LogP contribution is 2.25. The Balaban J connectivity index is 1.80. The molecule has 23 heavy (non-hydrogen) atoms. The summed E-state index contributed by atoms with van der Waals surface area (Å²) in [6, 6.07) is 5.97. The summed E-state index contributed by atoms with van der Waals surface area (Å²) in [6.07, 6.45) is 2.05. The van der Waals surface area contributed by atoms with Crippen LogP contribution in [0.2, 0.25) is 0 Å². The maximum Gasteiger partial charge on any atom is 0.316 e. The van der Waals surface area contributed by atoms with E-state index in [-0.39, 0.29) is 18.3 Å². The van der Waals surface area contributed by atoms with Crippen molar-refractivity contribution >= 4 is 33.7 Å². The first-order valence-corrected chi connectivity index (χ1v) is 9.17. The fourth-order valence-corrected chi connectivity index (χ4v) is 3.19. The third-order valence-corrected chi connectivity index (χ3v) is 4.82. The van der Waals surface area contributed by atoms with Crippen molar-refractivity contribution in [3.05, 3.63) is 34.1 Å². The molecule has 1 heterocycles. The topological polar surface area (TPSA) is 69.9 Å². The van der Waals surface area contributed by atoms with E-state index in [0.29, 0.717) is 5.82 Å². The number of hydrogen-bond donors (Lipinski definition) is 0. The van der Waals surface area contributed by atoms with E-state index in [0.717, 1.165) is 34.3 Å². The van der Waals surface area contributed by atoms with Crippen LogP contribution in [-0.4, -0.2) is 31.9 Å². The van der Waals surface area contributed by atoms with Gasteiger partial charge in [-0.3, -0.25) is 4.79 Å². The molecule has 6 nitrogen and oxygen atoms in total. The van der Waals surface area contributed by atoms with Gasteiger partial charge in [0, 0.05) is 15.9 Å². The zero-order valence-electron chi connectivity index (χ0n) is 13.2. The summed E-state index contributed by atoms with van der Waals surface area (Å²) < 4.78 is 7.97. The second-order valence-corrected chi connectivity index (χ2v) is 6.96. The molecule has 0 bridgehead atoms. The largest absolute Gasteiger partial charge is 0.457 e. The maximum absolute atomic E-state index is 11.9. The number of hydrogen-bond acceptors (Lipinski definition) is 6. The molecular formula is C15H19BrN4O2S. The Hall–Kier alpha value is -1.41. The molecule has 0 fully saturated rings.